The van der Waals surface area contributed by atoms with Crippen molar-refractivity contribution in [1.82, 2.24) is 4.90 Å². The molecule has 3 heteroatoms. The first-order valence-corrected chi connectivity index (χ1v) is 7.07. The van der Waals surface area contributed by atoms with Gasteiger partial charge in [-0.15, -0.1) is 0 Å². The van der Waals surface area contributed by atoms with Crippen LogP contribution in [0.1, 0.15) is 32.4 Å². The highest BCUT2D eigenvalue weighted by atomic mass is 32.2. The minimum atomic E-state index is -0.240. The van der Waals surface area contributed by atoms with Gasteiger partial charge in [0.2, 0.25) is 5.12 Å². The molecule has 0 bridgehead atoms. The highest BCUT2D eigenvalue weighted by Crippen LogP contribution is 2.43. The van der Waals surface area contributed by atoms with Crippen LogP contribution in [0.2, 0.25) is 0 Å². The standard InChI is InChI=1S/C14H19NOS/c1-4-17-13(16)14(3)10-15(14)11(2)12-8-6-5-7-9-12/h5-9,11H,4,10H2,1-3H3/t11-,14+,15?/m0/s1. The van der Waals surface area contributed by atoms with Crippen LogP contribution in [-0.2, 0) is 4.79 Å². The molecule has 0 aromatic heterocycles. The molecule has 1 heterocycles. The van der Waals surface area contributed by atoms with Crippen molar-refractivity contribution in [1.29, 1.82) is 0 Å². The topological polar surface area (TPSA) is 20.1 Å². The maximum Gasteiger partial charge on any atom is 0.210 e. The first-order valence-electron chi connectivity index (χ1n) is 6.08. The van der Waals surface area contributed by atoms with Crippen molar-refractivity contribution in [3.05, 3.63) is 35.9 Å². The summed E-state index contributed by atoms with van der Waals surface area (Å²) < 4.78 is 0. The molecule has 0 radical (unpaired) electrons. The zero-order chi connectivity index (χ0) is 12.5. The van der Waals surface area contributed by atoms with Gasteiger partial charge in [-0.25, -0.2) is 0 Å². The number of hydrogen-bond acceptors (Lipinski definition) is 3. The molecule has 2 rings (SSSR count). The summed E-state index contributed by atoms with van der Waals surface area (Å²) in [6, 6.07) is 10.7. The molecule has 1 aromatic carbocycles. The first-order chi connectivity index (χ1) is 8.09. The average molecular weight is 249 g/mol. The lowest BCUT2D eigenvalue weighted by Crippen LogP contribution is -2.25. The highest BCUT2D eigenvalue weighted by Gasteiger charge is 2.55. The van der Waals surface area contributed by atoms with Gasteiger partial charge in [0, 0.05) is 12.6 Å². The van der Waals surface area contributed by atoms with Gasteiger partial charge in [-0.1, -0.05) is 49.0 Å². The maximum atomic E-state index is 12.0. The first kappa shape index (κ1) is 12.7. The Kier molecular flexibility index (Phi) is 3.59. The summed E-state index contributed by atoms with van der Waals surface area (Å²) in [7, 11) is 0. The molecule has 1 unspecified atom stereocenters. The van der Waals surface area contributed by atoms with Crippen molar-refractivity contribution in [2.24, 2.45) is 0 Å². The summed E-state index contributed by atoms with van der Waals surface area (Å²) in [5, 5.41) is 0.308. The largest absolute Gasteiger partial charge is 0.285 e. The van der Waals surface area contributed by atoms with E-state index in [0.29, 0.717) is 11.2 Å². The van der Waals surface area contributed by atoms with Gasteiger partial charge in [-0.2, -0.15) is 0 Å². The van der Waals surface area contributed by atoms with E-state index in [2.05, 4.69) is 43.0 Å². The quantitative estimate of drug-likeness (QED) is 0.765. The van der Waals surface area contributed by atoms with Crippen molar-refractivity contribution < 1.29 is 4.79 Å². The summed E-state index contributed by atoms with van der Waals surface area (Å²) in [6.45, 7) is 7.13. The zero-order valence-corrected chi connectivity index (χ0v) is 11.5. The second-order valence-corrected chi connectivity index (χ2v) is 5.95. The molecule has 1 saturated heterocycles. The normalized spacial score (nSPS) is 28.8. The second kappa shape index (κ2) is 4.83. The van der Waals surface area contributed by atoms with E-state index in [-0.39, 0.29) is 5.54 Å². The molecule has 1 aliphatic rings. The Bertz CT molecular complexity index is 406. The number of carbonyl (C=O) groups is 1. The number of hydrogen-bond donors (Lipinski definition) is 0. The van der Waals surface area contributed by atoms with Gasteiger partial charge in [0.05, 0.1) is 0 Å². The Morgan fingerprint density at radius 3 is 2.71 bits per heavy atom. The highest BCUT2D eigenvalue weighted by molar-refractivity contribution is 8.13. The van der Waals surface area contributed by atoms with Crippen molar-refractivity contribution >= 4 is 16.9 Å². The van der Waals surface area contributed by atoms with Crippen LogP contribution in [0.5, 0.6) is 0 Å². The maximum absolute atomic E-state index is 12.0. The minimum Gasteiger partial charge on any atom is -0.285 e. The van der Waals surface area contributed by atoms with Gasteiger partial charge >= 0.3 is 0 Å². The molecular formula is C14H19NOS. The summed E-state index contributed by atoms with van der Waals surface area (Å²) in [4.78, 5) is 14.3. The van der Waals surface area contributed by atoms with E-state index in [9.17, 15) is 4.79 Å². The summed E-state index contributed by atoms with van der Waals surface area (Å²) in [5.74, 6) is 0.863. The molecule has 1 aliphatic heterocycles. The number of thioether (sulfide) groups is 1. The van der Waals surface area contributed by atoms with Gasteiger partial charge < -0.3 is 0 Å². The Hall–Kier alpha value is -0.800. The molecule has 0 N–H and O–H groups in total. The smallest absolute Gasteiger partial charge is 0.210 e. The van der Waals surface area contributed by atoms with E-state index < -0.39 is 0 Å². The van der Waals surface area contributed by atoms with Gasteiger partial charge in [-0.3, -0.25) is 9.69 Å². The average Bonchev–Trinajstić information content (AvgIpc) is 3.04. The SMILES string of the molecule is CCSC(=O)[C@@]1(C)CN1[C@@H](C)c1ccccc1. The Morgan fingerprint density at radius 1 is 1.47 bits per heavy atom. The van der Waals surface area contributed by atoms with Crippen LogP contribution in [0, 0.1) is 0 Å². The van der Waals surface area contributed by atoms with E-state index in [0.717, 1.165) is 12.3 Å². The van der Waals surface area contributed by atoms with Crippen LogP contribution in [-0.4, -0.2) is 27.9 Å². The lowest BCUT2D eigenvalue weighted by atomic mass is 10.1. The molecule has 92 valence electrons. The summed E-state index contributed by atoms with van der Waals surface area (Å²) in [6.07, 6.45) is 0. The van der Waals surface area contributed by atoms with Crippen LogP contribution < -0.4 is 0 Å². The van der Waals surface area contributed by atoms with Crippen LogP contribution in [0.25, 0.3) is 0 Å². The van der Waals surface area contributed by atoms with E-state index in [4.69, 9.17) is 0 Å². The van der Waals surface area contributed by atoms with Crippen molar-refractivity contribution in [3.63, 3.8) is 0 Å². The number of benzene rings is 1. The third kappa shape index (κ3) is 2.40. The Morgan fingerprint density at radius 2 is 2.12 bits per heavy atom. The van der Waals surface area contributed by atoms with Crippen LogP contribution in [0.4, 0.5) is 0 Å². The van der Waals surface area contributed by atoms with Crippen molar-refractivity contribution in [2.75, 3.05) is 12.3 Å². The molecule has 1 aromatic rings. The van der Waals surface area contributed by atoms with E-state index in [1.807, 2.05) is 13.0 Å². The van der Waals surface area contributed by atoms with Crippen molar-refractivity contribution in [2.45, 2.75) is 32.4 Å². The van der Waals surface area contributed by atoms with E-state index >= 15 is 0 Å². The molecule has 3 atom stereocenters. The number of carbonyl (C=O) groups excluding carboxylic acids is 1. The lowest BCUT2D eigenvalue weighted by Gasteiger charge is -2.18. The molecular weight excluding hydrogens is 230 g/mol. The number of rotatable bonds is 4. The summed E-state index contributed by atoms with van der Waals surface area (Å²) >= 11 is 1.44. The molecule has 0 aliphatic carbocycles. The monoisotopic (exact) mass is 249 g/mol. The second-order valence-electron chi connectivity index (χ2n) is 4.71. The van der Waals surface area contributed by atoms with Gasteiger partial charge in [0.1, 0.15) is 5.54 Å². The zero-order valence-electron chi connectivity index (χ0n) is 10.6. The van der Waals surface area contributed by atoms with Crippen LogP contribution >= 0.6 is 11.8 Å². The van der Waals surface area contributed by atoms with Crippen LogP contribution in [0.3, 0.4) is 0 Å². The molecule has 0 spiro atoms. The molecule has 2 nitrogen and oxygen atoms in total. The fourth-order valence-electron chi connectivity index (χ4n) is 2.24. The molecule has 0 amide bonds. The molecule has 1 fully saturated rings. The lowest BCUT2D eigenvalue weighted by molar-refractivity contribution is -0.113. The van der Waals surface area contributed by atoms with Crippen molar-refractivity contribution in [3.8, 4) is 0 Å². The number of nitrogens with zero attached hydrogens (tertiary/aromatic N) is 1. The van der Waals surface area contributed by atoms with Gasteiger partial charge in [0.15, 0.2) is 0 Å². The fourth-order valence-corrected chi connectivity index (χ4v) is 3.00. The Labute approximate surface area is 107 Å². The molecule has 17 heavy (non-hydrogen) atoms. The molecule has 0 saturated carbocycles. The Balaban J connectivity index is 2.05. The van der Waals surface area contributed by atoms with E-state index in [1.54, 1.807) is 0 Å². The van der Waals surface area contributed by atoms with Gasteiger partial charge in [-0.05, 0) is 25.2 Å². The third-order valence-electron chi connectivity index (χ3n) is 3.47. The predicted octanol–water partition coefficient (Wildman–Crippen LogP) is 3.10. The summed E-state index contributed by atoms with van der Waals surface area (Å²) in [5.41, 5.74) is 1.04. The van der Waals surface area contributed by atoms with Crippen LogP contribution in [0.15, 0.2) is 30.3 Å². The fraction of sp³-hybridized carbons (Fsp3) is 0.500. The minimum absolute atomic E-state index is 0.240. The third-order valence-corrected chi connectivity index (χ3v) is 4.46. The van der Waals surface area contributed by atoms with Gasteiger partial charge in [0.25, 0.3) is 0 Å². The predicted molar refractivity (Wildman–Crippen MR) is 73.1 cm³/mol. The van der Waals surface area contributed by atoms with E-state index in [1.165, 1.54) is 17.3 Å².